The molecule has 0 spiro atoms. The summed E-state index contributed by atoms with van der Waals surface area (Å²) in [5.74, 6) is -2.64. The first-order valence-electron chi connectivity index (χ1n) is 31.4. The van der Waals surface area contributed by atoms with E-state index in [9.17, 15) is 52.7 Å². The normalized spacial score (nSPS) is 12.8. The molecular formula is C81H57N2O15S4Se4-. The minimum Gasteiger partial charge on any atom is -0.358 e. The number of nitrogens with zero attached hydrogens (tertiary/aromatic N) is 2. The molecule has 106 heavy (non-hydrogen) atoms. The number of thiophene rings is 4. The van der Waals surface area contributed by atoms with Crippen LogP contribution in [0.4, 0.5) is 31.9 Å². The van der Waals surface area contributed by atoms with Crippen LogP contribution in [0, 0.1) is 7.43 Å². The molecule has 17 nitrogen and oxygen atoms in total. The Morgan fingerprint density at radius 2 is 0.811 bits per heavy atom. The first-order chi connectivity index (χ1) is 51.0. The summed E-state index contributed by atoms with van der Waals surface area (Å²) in [5, 5.41) is 10.5. The van der Waals surface area contributed by atoms with Gasteiger partial charge in [-0.05, 0) is 69.4 Å². The molecule has 6 aromatic heterocycles. The summed E-state index contributed by atoms with van der Waals surface area (Å²) in [5.41, 5.74) is 8.50. The smallest absolute Gasteiger partial charge is 0.160 e. The van der Waals surface area contributed by atoms with Crippen LogP contribution < -0.4 is 27.6 Å². The maximum Gasteiger partial charge on any atom is 0.160 e. The quantitative estimate of drug-likeness (QED) is 0.0181. The zero-order chi connectivity index (χ0) is 73.8. The average Bonchev–Trinajstić information content (AvgIpc) is 1.32. The number of ether oxygens (including phenoxy) is 4. The number of anilines is 6. The van der Waals surface area contributed by atoms with Crippen LogP contribution in [-0.4, -0.2) is 153 Å². The van der Waals surface area contributed by atoms with E-state index in [4.69, 9.17) is 0 Å². The number of benzene rings is 7. The van der Waals surface area contributed by atoms with E-state index >= 15 is 0 Å². The standard InChI is InChI=1S/C28H15NO2SSe2.C17H11NOSe2.C12H10O4S.C11H6O2S.C6H8O4.C6H4O2S.CH3/c30-27-18-13-16-11-12-32-23(16)15-19(18)28(31)20(27)14-17-9-10-26(33-17)29-21-5-1-3-7-24(21)34-25-8-4-2-6-22(25)29;19-11-12-9-10-17(20-12)18-13-5-1-3-7-15(13)21-16-8-4-2-6-14(16)18;1-15-11(13)8-5-7-3-4-17-10(7)6-9(8)12(14)16-2;12-9-5-10(13)8-4-11-6(1-2-14-11)3-7(8)9;1-9-5(7)3-4-6(8)10-2;7-3-5-1-2-9-6(5)4-8;/h1-15H;1-11H;3-6H,1-2H3;1-4H,5H2;3-4H,1-2H3;1-4H;1H3/q;;;;;;-1/b20-14+;;;;4-3-;;. The molecule has 17 rings (SSSR count). The van der Waals surface area contributed by atoms with Gasteiger partial charge in [-0.25, -0.2) is 19.2 Å². The van der Waals surface area contributed by atoms with E-state index in [2.05, 4.69) is 144 Å². The van der Waals surface area contributed by atoms with Crippen LogP contribution in [-0.2, 0) is 28.5 Å². The molecule has 0 saturated carbocycles. The van der Waals surface area contributed by atoms with E-state index in [1.807, 2.05) is 70.7 Å². The molecule has 0 radical (unpaired) electrons. The number of esters is 4. The molecule has 0 amide bonds. The maximum atomic E-state index is 13.1. The van der Waals surface area contributed by atoms with Crippen molar-refractivity contribution >= 4 is 256 Å². The van der Waals surface area contributed by atoms with Gasteiger partial charge in [-0.3, -0.25) is 19.2 Å². The molecule has 530 valence electrons. The molecule has 13 aromatic rings. The number of ketones is 4. The van der Waals surface area contributed by atoms with E-state index in [1.54, 1.807) is 46.3 Å². The van der Waals surface area contributed by atoms with Crippen LogP contribution in [0.5, 0.6) is 0 Å². The summed E-state index contributed by atoms with van der Waals surface area (Å²) in [7, 11) is 5.01. The monoisotopic (exact) mass is 1740 g/mol. The molecule has 2 aliphatic carbocycles. The largest absolute Gasteiger partial charge is 0.358 e. The number of rotatable bonds is 10. The second kappa shape index (κ2) is 35.3. The minimum absolute atomic E-state index is 0. The van der Waals surface area contributed by atoms with Crippen molar-refractivity contribution in [2.24, 2.45) is 0 Å². The molecule has 0 fully saturated rings. The second-order valence-corrected chi connectivity index (χ2v) is 35.3. The van der Waals surface area contributed by atoms with Gasteiger partial charge in [0.1, 0.15) is 0 Å². The van der Waals surface area contributed by atoms with Crippen molar-refractivity contribution in [3.8, 4) is 0 Å². The topological polar surface area (TPSA) is 231 Å². The number of Topliss-reactive ketones (excluding diaryl/α,β-unsaturated/α-hetero) is 4. The molecule has 0 saturated heterocycles. The zero-order valence-electron chi connectivity index (χ0n) is 56.6. The van der Waals surface area contributed by atoms with Gasteiger partial charge in [-0.2, -0.15) is 0 Å². The van der Waals surface area contributed by atoms with Gasteiger partial charge in [-0.1, -0.05) is 0 Å². The van der Waals surface area contributed by atoms with Crippen molar-refractivity contribution in [1.29, 1.82) is 0 Å². The van der Waals surface area contributed by atoms with Gasteiger partial charge in [0, 0.05) is 38.2 Å². The van der Waals surface area contributed by atoms with Crippen LogP contribution >= 0.6 is 45.3 Å². The minimum atomic E-state index is -0.578. The molecule has 25 heteroatoms. The number of para-hydroxylation sites is 4. The fourth-order valence-electron chi connectivity index (χ4n) is 11.2. The molecule has 2 aliphatic heterocycles. The molecule has 0 N–H and O–H groups in total. The van der Waals surface area contributed by atoms with E-state index < -0.39 is 23.9 Å². The van der Waals surface area contributed by atoms with Crippen molar-refractivity contribution in [2.45, 2.75) is 6.42 Å². The van der Waals surface area contributed by atoms with Crippen LogP contribution in [0.2, 0.25) is 0 Å². The average molecular weight is 1740 g/mol. The van der Waals surface area contributed by atoms with Crippen molar-refractivity contribution in [1.82, 2.24) is 0 Å². The zero-order valence-corrected chi connectivity index (χ0v) is 66.7. The summed E-state index contributed by atoms with van der Waals surface area (Å²) >= 11 is 6.64. The summed E-state index contributed by atoms with van der Waals surface area (Å²) in [4.78, 5) is 129. The molecule has 0 atom stereocenters. The van der Waals surface area contributed by atoms with E-state index in [0.29, 0.717) is 65.8 Å². The molecule has 7 aromatic carbocycles. The van der Waals surface area contributed by atoms with Gasteiger partial charge < -0.3 is 26.4 Å². The Kier molecular flexibility index (Phi) is 25.6. The third-order valence-corrected chi connectivity index (χ3v) is 28.6. The Morgan fingerprint density at radius 3 is 1.25 bits per heavy atom. The van der Waals surface area contributed by atoms with Crippen LogP contribution in [0.1, 0.15) is 102 Å². The van der Waals surface area contributed by atoms with Crippen LogP contribution in [0.3, 0.4) is 0 Å². The molecular weight excluding hydrogens is 1680 g/mol. The summed E-state index contributed by atoms with van der Waals surface area (Å²) in [6, 6.07) is 60.8. The number of fused-ring (bicyclic) bond motifs is 9. The van der Waals surface area contributed by atoms with E-state index in [0.717, 1.165) is 57.6 Å². The first kappa shape index (κ1) is 76.9. The summed E-state index contributed by atoms with van der Waals surface area (Å²) in [6.45, 7) is 0. The molecule has 0 bridgehead atoms. The fourth-order valence-corrected chi connectivity index (χ4v) is 22.5. The number of methoxy groups -OCH3 is 4. The van der Waals surface area contributed by atoms with Gasteiger partial charge in [0.05, 0.1) is 50.9 Å². The first-order valence-corrected chi connectivity index (χ1v) is 41.8. The van der Waals surface area contributed by atoms with Gasteiger partial charge in [0.25, 0.3) is 0 Å². The number of carbonyl (C=O) groups is 11. The predicted octanol–water partition coefficient (Wildman–Crippen LogP) is 13.7. The number of hydrogen-bond acceptors (Lipinski definition) is 21. The Labute approximate surface area is 648 Å². The number of allylic oxidation sites excluding steroid dienone is 1. The van der Waals surface area contributed by atoms with Gasteiger partial charge in [-0.15, -0.1) is 34.0 Å². The predicted molar refractivity (Wildman–Crippen MR) is 424 cm³/mol. The molecule has 8 heterocycles. The third-order valence-electron chi connectivity index (χ3n) is 16.1. The van der Waals surface area contributed by atoms with Gasteiger partial charge >= 0.3 is 373 Å². The van der Waals surface area contributed by atoms with Crippen LogP contribution in [0.15, 0.2) is 221 Å². The van der Waals surface area contributed by atoms with Crippen molar-refractivity contribution in [3.05, 3.63) is 281 Å². The van der Waals surface area contributed by atoms with Crippen LogP contribution in [0.25, 0.3) is 36.3 Å². The number of hydrogen-bond donors (Lipinski definition) is 0. The van der Waals surface area contributed by atoms with Crippen molar-refractivity contribution in [2.75, 3.05) is 38.2 Å². The van der Waals surface area contributed by atoms with E-state index in [-0.39, 0.29) is 92.1 Å². The molecule has 4 aliphatic rings. The second-order valence-electron chi connectivity index (χ2n) is 22.4. The number of aldehydes is 3. The van der Waals surface area contributed by atoms with Gasteiger partial charge in [0.15, 0.2) is 24.1 Å². The third kappa shape index (κ3) is 16.9. The summed E-state index contributed by atoms with van der Waals surface area (Å²) in [6.07, 6.45) is 6.21. The van der Waals surface area contributed by atoms with Gasteiger partial charge in [0.2, 0.25) is 0 Å². The SMILES string of the molecule is COC(=O)/C=C\C(=O)OC.COC(=O)c1cc2ccsc2cc1C(=O)OC.O=C1/C(=C\c2ccc(N3c4ccccc4[Se]c4ccccc43)[se]2)C(=O)c2cc3sccc3cc21.O=C1CC(=O)c2cc3sccc3cc21.O=Cc1ccc(N2c3ccccc3[Se]c3ccccc32)[se]1.O=Cc1ccsc1C=O.[CH3-]. The fraction of sp³-hybridized carbons (Fsp3) is 0.0617. The van der Waals surface area contributed by atoms with Crippen molar-refractivity contribution < 1.29 is 71.7 Å². The van der Waals surface area contributed by atoms with E-state index in [1.165, 1.54) is 101 Å². The Balaban J connectivity index is 0.000000135. The Bertz CT molecular complexity index is 5390. The van der Waals surface area contributed by atoms with Crippen molar-refractivity contribution in [3.63, 3.8) is 0 Å². The molecule has 0 unspecified atom stereocenters. The Hall–Kier alpha value is -10.2. The maximum absolute atomic E-state index is 13.1. The summed E-state index contributed by atoms with van der Waals surface area (Å²) < 4.78 is 30.7. The number of carbonyl (C=O) groups excluding carboxylic acids is 11. The Morgan fingerprint density at radius 1 is 0.415 bits per heavy atom.